The summed E-state index contributed by atoms with van der Waals surface area (Å²) in [4.78, 5) is 2.27. The van der Waals surface area contributed by atoms with Crippen molar-refractivity contribution >= 4 is 5.69 Å². The third-order valence-corrected chi connectivity index (χ3v) is 3.96. The van der Waals surface area contributed by atoms with Crippen molar-refractivity contribution in [3.63, 3.8) is 0 Å². The van der Waals surface area contributed by atoms with Gasteiger partial charge in [-0.3, -0.25) is 0 Å². The molecule has 0 bridgehead atoms. The molecule has 19 heavy (non-hydrogen) atoms. The maximum atomic E-state index is 13.7. The van der Waals surface area contributed by atoms with Crippen molar-refractivity contribution < 1.29 is 9.50 Å². The fraction of sp³-hybridized carbons (Fsp3) is 0.600. The van der Waals surface area contributed by atoms with Crippen LogP contribution in [0.1, 0.15) is 36.9 Å². The second kappa shape index (κ2) is 5.88. The van der Waals surface area contributed by atoms with Gasteiger partial charge < -0.3 is 15.7 Å². The van der Waals surface area contributed by atoms with E-state index in [0.717, 1.165) is 37.2 Å². The first kappa shape index (κ1) is 14.3. The van der Waals surface area contributed by atoms with E-state index in [1.165, 1.54) is 0 Å². The van der Waals surface area contributed by atoms with E-state index in [9.17, 15) is 4.39 Å². The molecule has 1 aliphatic heterocycles. The molecule has 0 radical (unpaired) electrons. The van der Waals surface area contributed by atoms with E-state index in [0.29, 0.717) is 11.5 Å². The summed E-state index contributed by atoms with van der Waals surface area (Å²) in [6.07, 6.45) is 1.92. The van der Waals surface area contributed by atoms with Crippen molar-refractivity contribution in [1.29, 1.82) is 0 Å². The Morgan fingerprint density at radius 3 is 2.89 bits per heavy atom. The second-order valence-corrected chi connectivity index (χ2v) is 5.56. The average molecular weight is 266 g/mol. The molecule has 1 aromatic carbocycles. The van der Waals surface area contributed by atoms with Crippen LogP contribution >= 0.6 is 0 Å². The standard InChI is InChI=1S/C15H23FN2O/c1-10-7-15(13(11(2)17)8-14(10)16)18-5-3-12(9-18)4-6-19/h7-8,11-12,19H,3-6,9,17H2,1-2H3. The highest BCUT2D eigenvalue weighted by atomic mass is 19.1. The van der Waals surface area contributed by atoms with Crippen molar-refractivity contribution in [3.05, 3.63) is 29.1 Å². The van der Waals surface area contributed by atoms with Gasteiger partial charge in [0.25, 0.3) is 0 Å². The molecule has 0 aliphatic carbocycles. The van der Waals surface area contributed by atoms with Gasteiger partial charge in [0.1, 0.15) is 5.82 Å². The molecule has 3 N–H and O–H groups in total. The van der Waals surface area contributed by atoms with Gasteiger partial charge in [-0.2, -0.15) is 0 Å². The molecule has 0 spiro atoms. The van der Waals surface area contributed by atoms with Crippen molar-refractivity contribution in [2.24, 2.45) is 11.7 Å². The van der Waals surface area contributed by atoms with Gasteiger partial charge in [0.05, 0.1) is 0 Å². The molecule has 0 aromatic heterocycles. The number of rotatable bonds is 4. The lowest BCUT2D eigenvalue weighted by Crippen LogP contribution is -2.23. The molecule has 4 heteroatoms. The summed E-state index contributed by atoms with van der Waals surface area (Å²) in [6.45, 7) is 5.78. The lowest BCUT2D eigenvalue weighted by molar-refractivity contribution is 0.263. The molecule has 1 heterocycles. The van der Waals surface area contributed by atoms with Gasteiger partial charge in [-0.05, 0) is 55.9 Å². The van der Waals surface area contributed by atoms with Crippen molar-refractivity contribution in [2.45, 2.75) is 32.7 Å². The maximum absolute atomic E-state index is 13.7. The first-order valence-corrected chi connectivity index (χ1v) is 6.94. The van der Waals surface area contributed by atoms with E-state index < -0.39 is 0 Å². The average Bonchev–Trinajstić information content (AvgIpc) is 2.81. The van der Waals surface area contributed by atoms with Gasteiger partial charge in [0, 0.05) is 31.4 Å². The molecule has 3 nitrogen and oxygen atoms in total. The highest BCUT2D eigenvalue weighted by Crippen LogP contribution is 2.32. The third-order valence-electron chi connectivity index (χ3n) is 3.96. The van der Waals surface area contributed by atoms with Crippen molar-refractivity contribution in [1.82, 2.24) is 0 Å². The number of benzene rings is 1. The molecular formula is C15H23FN2O. The normalized spacial score (nSPS) is 20.9. The molecule has 0 saturated carbocycles. The summed E-state index contributed by atoms with van der Waals surface area (Å²) >= 11 is 0. The van der Waals surface area contributed by atoms with Crippen LogP contribution in [0, 0.1) is 18.7 Å². The highest BCUT2D eigenvalue weighted by molar-refractivity contribution is 5.57. The number of nitrogens with zero attached hydrogens (tertiary/aromatic N) is 1. The summed E-state index contributed by atoms with van der Waals surface area (Å²) in [6, 6.07) is 3.28. The fourth-order valence-electron chi connectivity index (χ4n) is 2.79. The Hall–Kier alpha value is -1.13. The van der Waals surface area contributed by atoms with Gasteiger partial charge in [0.15, 0.2) is 0 Å². The molecule has 2 atom stereocenters. The fourth-order valence-corrected chi connectivity index (χ4v) is 2.79. The van der Waals surface area contributed by atoms with Gasteiger partial charge in [-0.1, -0.05) is 0 Å². The molecule has 2 rings (SSSR count). The van der Waals surface area contributed by atoms with E-state index >= 15 is 0 Å². The molecule has 0 amide bonds. The summed E-state index contributed by atoms with van der Waals surface area (Å²) < 4.78 is 13.7. The predicted molar refractivity (Wildman–Crippen MR) is 75.8 cm³/mol. The number of halogens is 1. The first-order valence-electron chi connectivity index (χ1n) is 6.94. The van der Waals surface area contributed by atoms with Crippen LogP contribution in [-0.4, -0.2) is 24.8 Å². The quantitative estimate of drug-likeness (QED) is 0.879. The third kappa shape index (κ3) is 3.07. The predicted octanol–water partition coefficient (Wildman–Crippen LogP) is 2.36. The van der Waals surface area contributed by atoms with E-state index in [2.05, 4.69) is 4.90 Å². The monoisotopic (exact) mass is 266 g/mol. The Morgan fingerprint density at radius 2 is 2.26 bits per heavy atom. The van der Waals surface area contributed by atoms with Gasteiger partial charge in [-0.15, -0.1) is 0 Å². The SMILES string of the molecule is Cc1cc(N2CCC(CCO)C2)c(C(C)N)cc1F. The molecular weight excluding hydrogens is 243 g/mol. The minimum absolute atomic E-state index is 0.179. The van der Waals surface area contributed by atoms with Crippen LogP contribution in [0.3, 0.4) is 0 Å². The molecule has 106 valence electrons. The van der Waals surface area contributed by atoms with Crippen LogP contribution in [-0.2, 0) is 0 Å². The largest absolute Gasteiger partial charge is 0.396 e. The number of anilines is 1. The summed E-state index contributed by atoms with van der Waals surface area (Å²) in [7, 11) is 0. The first-order chi connectivity index (χ1) is 9.02. The van der Waals surface area contributed by atoms with Crippen molar-refractivity contribution in [2.75, 3.05) is 24.6 Å². The van der Waals surface area contributed by atoms with Crippen LogP contribution in [0.5, 0.6) is 0 Å². The number of hydrogen-bond donors (Lipinski definition) is 2. The van der Waals surface area contributed by atoms with Gasteiger partial charge in [-0.25, -0.2) is 4.39 Å². The molecule has 1 aliphatic rings. The number of hydrogen-bond acceptors (Lipinski definition) is 3. The number of aliphatic hydroxyl groups excluding tert-OH is 1. The zero-order valence-corrected chi connectivity index (χ0v) is 11.7. The minimum Gasteiger partial charge on any atom is -0.396 e. The van der Waals surface area contributed by atoms with Crippen LogP contribution in [0.25, 0.3) is 0 Å². The lowest BCUT2D eigenvalue weighted by Gasteiger charge is -2.24. The Labute approximate surface area is 114 Å². The van der Waals surface area contributed by atoms with Crippen LogP contribution in [0.4, 0.5) is 10.1 Å². The Morgan fingerprint density at radius 1 is 1.53 bits per heavy atom. The molecule has 1 aromatic rings. The molecule has 1 saturated heterocycles. The molecule has 1 fully saturated rings. The van der Waals surface area contributed by atoms with Crippen molar-refractivity contribution in [3.8, 4) is 0 Å². The lowest BCUT2D eigenvalue weighted by atomic mass is 10.0. The summed E-state index contributed by atoms with van der Waals surface area (Å²) in [5, 5.41) is 9.02. The van der Waals surface area contributed by atoms with Crippen LogP contribution in [0.15, 0.2) is 12.1 Å². The second-order valence-electron chi connectivity index (χ2n) is 5.56. The zero-order valence-electron chi connectivity index (χ0n) is 11.7. The molecule has 2 unspecified atom stereocenters. The number of aryl methyl sites for hydroxylation is 1. The number of aliphatic hydroxyl groups is 1. The Bertz CT molecular complexity index is 448. The minimum atomic E-state index is -0.192. The van der Waals surface area contributed by atoms with E-state index in [-0.39, 0.29) is 18.5 Å². The van der Waals surface area contributed by atoms with E-state index in [1.54, 1.807) is 13.0 Å². The maximum Gasteiger partial charge on any atom is 0.126 e. The smallest absolute Gasteiger partial charge is 0.126 e. The summed E-state index contributed by atoms with van der Waals surface area (Å²) in [5.41, 5.74) is 8.54. The zero-order chi connectivity index (χ0) is 14.0. The van der Waals surface area contributed by atoms with Gasteiger partial charge in [0.2, 0.25) is 0 Å². The highest BCUT2D eigenvalue weighted by Gasteiger charge is 2.25. The number of nitrogens with two attached hydrogens (primary N) is 1. The van der Waals surface area contributed by atoms with E-state index in [1.807, 2.05) is 13.0 Å². The van der Waals surface area contributed by atoms with Crippen LogP contribution in [0.2, 0.25) is 0 Å². The van der Waals surface area contributed by atoms with E-state index in [4.69, 9.17) is 10.8 Å². The van der Waals surface area contributed by atoms with Gasteiger partial charge >= 0.3 is 0 Å². The van der Waals surface area contributed by atoms with Crippen LogP contribution < -0.4 is 10.6 Å². The summed E-state index contributed by atoms with van der Waals surface area (Å²) in [5.74, 6) is 0.332. The topological polar surface area (TPSA) is 49.5 Å². The Balaban J connectivity index is 2.26. The Kier molecular flexibility index (Phi) is 4.42.